The van der Waals surface area contributed by atoms with Gasteiger partial charge in [0.2, 0.25) is 0 Å². The summed E-state index contributed by atoms with van der Waals surface area (Å²) in [7, 11) is 0. The Labute approximate surface area is 178 Å². The van der Waals surface area contributed by atoms with Gasteiger partial charge in [0, 0.05) is 37.9 Å². The molecule has 0 bridgehead atoms. The molecule has 0 unspecified atom stereocenters. The fourth-order valence-electron chi connectivity index (χ4n) is 3.50. The molecule has 2 N–H and O–H groups in total. The number of guanidine groups is 1. The average Bonchev–Trinajstić information content (AvgIpc) is 2.75. The molecule has 0 radical (unpaired) electrons. The number of benzene rings is 1. The Bertz CT molecular complexity index is 820. The minimum atomic E-state index is -0.412. The van der Waals surface area contributed by atoms with E-state index in [1.807, 2.05) is 13.0 Å². The first-order valence-electron chi connectivity index (χ1n) is 10.7. The second kappa shape index (κ2) is 10.9. The summed E-state index contributed by atoms with van der Waals surface area (Å²) in [5, 5.41) is 6.82. The molecule has 0 amide bonds. The van der Waals surface area contributed by atoms with E-state index in [9.17, 15) is 4.39 Å². The van der Waals surface area contributed by atoms with Crippen LogP contribution in [-0.2, 0) is 6.54 Å². The molecule has 0 saturated carbocycles. The Kier molecular flexibility index (Phi) is 8.02. The predicted molar refractivity (Wildman–Crippen MR) is 118 cm³/mol. The standard InChI is InChI=1S/C23H32FN5O/c1-4-26-23(28-19-9-12-29(13-10-19)17(2)3)27-15-18-7-8-22(21(24)14-18)30-20-6-5-11-25-16-20/h5-8,11,14,16-17,19H,4,9-10,12-13,15H2,1-3H3,(H2,26,27,28). The molecule has 1 saturated heterocycles. The van der Waals surface area contributed by atoms with Crippen molar-refractivity contribution in [3.8, 4) is 11.5 Å². The number of halogens is 1. The van der Waals surface area contributed by atoms with Gasteiger partial charge in [-0.05, 0) is 63.4 Å². The first kappa shape index (κ1) is 22.0. The van der Waals surface area contributed by atoms with E-state index in [1.54, 1.807) is 30.6 Å². The zero-order valence-electron chi connectivity index (χ0n) is 18.1. The lowest BCUT2D eigenvalue weighted by Crippen LogP contribution is -2.49. The normalized spacial score (nSPS) is 16.0. The fourth-order valence-corrected chi connectivity index (χ4v) is 3.50. The number of nitrogens with one attached hydrogen (secondary N) is 2. The lowest BCUT2D eigenvalue weighted by Gasteiger charge is -2.35. The molecule has 0 spiro atoms. The predicted octanol–water partition coefficient (Wildman–Crippen LogP) is 3.94. The third kappa shape index (κ3) is 6.42. The SMILES string of the molecule is CCNC(=NCc1ccc(Oc2cccnc2)c(F)c1)NC1CCN(C(C)C)CC1. The van der Waals surface area contributed by atoms with Crippen molar-refractivity contribution < 1.29 is 9.13 Å². The van der Waals surface area contributed by atoms with Crippen LogP contribution < -0.4 is 15.4 Å². The van der Waals surface area contributed by atoms with Crippen LogP contribution in [0.3, 0.4) is 0 Å². The summed E-state index contributed by atoms with van der Waals surface area (Å²) in [5.41, 5.74) is 0.790. The van der Waals surface area contributed by atoms with Crippen LogP contribution in [0.25, 0.3) is 0 Å². The maximum absolute atomic E-state index is 14.5. The van der Waals surface area contributed by atoms with Gasteiger partial charge in [-0.15, -0.1) is 0 Å². The van der Waals surface area contributed by atoms with Gasteiger partial charge in [-0.2, -0.15) is 0 Å². The summed E-state index contributed by atoms with van der Waals surface area (Å²) in [6, 6.07) is 9.43. The highest BCUT2D eigenvalue weighted by atomic mass is 19.1. The lowest BCUT2D eigenvalue weighted by molar-refractivity contribution is 0.167. The molecular weight excluding hydrogens is 381 g/mol. The highest BCUT2D eigenvalue weighted by Gasteiger charge is 2.21. The maximum atomic E-state index is 14.5. The summed E-state index contributed by atoms with van der Waals surface area (Å²) < 4.78 is 20.0. The third-order valence-corrected chi connectivity index (χ3v) is 5.22. The lowest BCUT2D eigenvalue weighted by atomic mass is 10.0. The van der Waals surface area contributed by atoms with Crippen molar-refractivity contribution in [2.45, 2.75) is 52.2 Å². The number of nitrogens with zero attached hydrogens (tertiary/aromatic N) is 3. The Morgan fingerprint density at radius 1 is 1.30 bits per heavy atom. The van der Waals surface area contributed by atoms with Crippen molar-refractivity contribution in [1.29, 1.82) is 0 Å². The third-order valence-electron chi connectivity index (χ3n) is 5.22. The van der Waals surface area contributed by atoms with Crippen LogP contribution in [0.2, 0.25) is 0 Å². The monoisotopic (exact) mass is 413 g/mol. The zero-order chi connectivity index (χ0) is 21.3. The molecule has 6 nitrogen and oxygen atoms in total. The van der Waals surface area contributed by atoms with E-state index in [0.29, 0.717) is 24.4 Å². The molecule has 7 heteroatoms. The summed E-state index contributed by atoms with van der Waals surface area (Å²) in [6.07, 6.45) is 5.39. The fraction of sp³-hybridized carbons (Fsp3) is 0.478. The van der Waals surface area contributed by atoms with E-state index < -0.39 is 5.82 Å². The van der Waals surface area contributed by atoms with Gasteiger partial charge in [0.15, 0.2) is 17.5 Å². The number of piperidine rings is 1. The number of aromatic nitrogens is 1. The van der Waals surface area contributed by atoms with Crippen LogP contribution in [0, 0.1) is 5.82 Å². The number of hydrogen-bond acceptors (Lipinski definition) is 4. The second-order valence-corrected chi connectivity index (χ2v) is 7.80. The smallest absolute Gasteiger partial charge is 0.191 e. The molecule has 1 aromatic carbocycles. The molecule has 2 aromatic rings. The summed E-state index contributed by atoms with van der Waals surface area (Å²) in [4.78, 5) is 11.1. The van der Waals surface area contributed by atoms with Gasteiger partial charge in [-0.3, -0.25) is 4.98 Å². The van der Waals surface area contributed by atoms with Gasteiger partial charge >= 0.3 is 0 Å². The number of pyridine rings is 1. The van der Waals surface area contributed by atoms with Crippen LogP contribution in [0.15, 0.2) is 47.7 Å². The van der Waals surface area contributed by atoms with E-state index in [0.717, 1.165) is 44.0 Å². The van der Waals surface area contributed by atoms with Crippen molar-refractivity contribution in [2.75, 3.05) is 19.6 Å². The summed E-state index contributed by atoms with van der Waals surface area (Å²) >= 11 is 0. The van der Waals surface area contributed by atoms with Crippen molar-refractivity contribution in [3.05, 3.63) is 54.1 Å². The van der Waals surface area contributed by atoms with E-state index in [4.69, 9.17) is 4.74 Å². The number of aliphatic imine (C=N–C) groups is 1. The first-order chi connectivity index (χ1) is 14.5. The van der Waals surface area contributed by atoms with E-state index >= 15 is 0 Å². The molecule has 0 aliphatic carbocycles. The number of rotatable bonds is 7. The summed E-state index contributed by atoms with van der Waals surface area (Å²) in [5.74, 6) is 1.05. The molecule has 1 aromatic heterocycles. The maximum Gasteiger partial charge on any atom is 0.191 e. The number of likely N-dealkylation sites (tertiary alicyclic amines) is 1. The van der Waals surface area contributed by atoms with Crippen LogP contribution >= 0.6 is 0 Å². The largest absolute Gasteiger partial charge is 0.453 e. The molecule has 162 valence electrons. The molecule has 0 atom stereocenters. The minimum absolute atomic E-state index is 0.178. The first-order valence-corrected chi connectivity index (χ1v) is 10.7. The van der Waals surface area contributed by atoms with Crippen LogP contribution in [0.5, 0.6) is 11.5 Å². The van der Waals surface area contributed by atoms with Crippen LogP contribution in [-0.4, -0.2) is 47.6 Å². The van der Waals surface area contributed by atoms with Crippen LogP contribution in [0.1, 0.15) is 39.2 Å². The number of hydrogen-bond donors (Lipinski definition) is 2. The van der Waals surface area contributed by atoms with Gasteiger partial charge < -0.3 is 20.3 Å². The van der Waals surface area contributed by atoms with Crippen molar-refractivity contribution in [1.82, 2.24) is 20.5 Å². The zero-order valence-corrected chi connectivity index (χ0v) is 18.1. The van der Waals surface area contributed by atoms with Gasteiger partial charge in [-0.1, -0.05) is 6.07 Å². The molecule has 1 fully saturated rings. The van der Waals surface area contributed by atoms with E-state index in [1.165, 1.54) is 6.07 Å². The van der Waals surface area contributed by atoms with Crippen molar-refractivity contribution >= 4 is 5.96 Å². The second-order valence-electron chi connectivity index (χ2n) is 7.80. The number of ether oxygens (including phenoxy) is 1. The van der Waals surface area contributed by atoms with Crippen LogP contribution in [0.4, 0.5) is 4.39 Å². The van der Waals surface area contributed by atoms with Crippen molar-refractivity contribution in [2.24, 2.45) is 4.99 Å². The minimum Gasteiger partial charge on any atom is -0.453 e. The molecule has 1 aliphatic heterocycles. The molecule has 30 heavy (non-hydrogen) atoms. The van der Waals surface area contributed by atoms with Gasteiger partial charge in [-0.25, -0.2) is 9.38 Å². The average molecular weight is 414 g/mol. The summed E-state index contributed by atoms with van der Waals surface area (Å²) in [6.45, 7) is 9.89. The van der Waals surface area contributed by atoms with E-state index in [-0.39, 0.29) is 5.75 Å². The Morgan fingerprint density at radius 3 is 2.73 bits per heavy atom. The highest BCUT2D eigenvalue weighted by Crippen LogP contribution is 2.24. The van der Waals surface area contributed by atoms with Gasteiger partial charge in [0.1, 0.15) is 5.75 Å². The van der Waals surface area contributed by atoms with Gasteiger partial charge in [0.05, 0.1) is 12.7 Å². The Hall–Kier alpha value is -2.67. The van der Waals surface area contributed by atoms with Gasteiger partial charge in [0.25, 0.3) is 0 Å². The Morgan fingerprint density at radius 2 is 2.10 bits per heavy atom. The molecule has 2 heterocycles. The van der Waals surface area contributed by atoms with Crippen molar-refractivity contribution in [3.63, 3.8) is 0 Å². The quantitative estimate of drug-likeness (QED) is 0.532. The molecular formula is C23H32FN5O. The highest BCUT2D eigenvalue weighted by molar-refractivity contribution is 5.80. The molecule has 3 rings (SSSR count). The topological polar surface area (TPSA) is 61.8 Å². The molecule has 1 aliphatic rings. The Balaban J connectivity index is 1.58. The van der Waals surface area contributed by atoms with E-state index in [2.05, 4.69) is 39.4 Å².